The minimum atomic E-state index is -0.160. The second-order valence-corrected chi connectivity index (χ2v) is 7.75. The molecule has 0 bridgehead atoms. The van der Waals surface area contributed by atoms with Crippen LogP contribution >= 0.6 is 11.8 Å². The Hall–Kier alpha value is -2.06. The SMILES string of the molecule is CON(C)C(=O)c1ccc2c(c1)NC(N1CCNCC1)c1ccccc1S2. The van der Waals surface area contributed by atoms with Crippen LogP contribution in [0.2, 0.25) is 0 Å². The Labute approximate surface area is 163 Å². The Kier molecular flexibility index (Phi) is 5.36. The summed E-state index contributed by atoms with van der Waals surface area (Å²) >= 11 is 1.74. The normalized spacial score (nSPS) is 19.4. The summed E-state index contributed by atoms with van der Waals surface area (Å²) in [6.45, 7) is 3.93. The molecule has 2 N–H and O–H groups in total. The fourth-order valence-electron chi connectivity index (χ4n) is 3.50. The Bertz CT molecular complexity index is 838. The zero-order valence-electron chi connectivity index (χ0n) is 15.6. The maximum Gasteiger partial charge on any atom is 0.277 e. The van der Waals surface area contributed by atoms with E-state index in [9.17, 15) is 4.79 Å². The van der Waals surface area contributed by atoms with Gasteiger partial charge in [0.2, 0.25) is 0 Å². The number of rotatable bonds is 3. The van der Waals surface area contributed by atoms with Gasteiger partial charge in [0.1, 0.15) is 6.17 Å². The molecule has 0 saturated carbocycles. The van der Waals surface area contributed by atoms with Crippen molar-refractivity contribution >= 4 is 23.4 Å². The topological polar surface area (TPSA) is 56.8 Å². The van der Waals surface area contributed by atoms with Crippen molar-refractivity contribution < 1.29 is 9.63 Å². The molecule has 2 aromatic rings. The van der Waals surface area contributed by atoms with E-state index >= 15 is 0 Å². The Morgan fingerprint density at radius 3 is 2.74 bits per heavy atom. The van der Waals surface area contributed by atoms with Gasteiger partial charge in [-0.1, -0.05) is 30.0 Å². The van der Waals surface area contributed by atoms with Crippen LogP contribution in [0.25, 0.3) is 0 Å². The van der Waals surface area contributed by atoms with E-state index in [1.54, 1.807) is 18.8 Å². The van der Waals surface area contributed by atoms with Gasteiger partial charge in [0.15, 0.2) is 0 Å². The number of nitrogens with one attached hydrogen (secondary N) is 2. The van der Waals surface area contributed by atoms with Gasteiger partial charge in [-0.05, 0) is 24.3 Å². The van der Waals surface area contributed by atoms with Crippen LogP contribution in [-0.4, -0.2) is 56.2 Å². The third-order valence-corrected chi connectivity index (χ3v) is 6.20. The number of nitrogens with zero attached hydrogens (tertiary/aromatic N) is 2. The van der Waals surface area contributed by atoms with Crippen LogP contribution in [0.1, 0.15) is 22.1 Å². The van der Waals surface area contributed by atoms with E-state index in [2.05, 4.69) is 39.8 Å². The van der Waals surface area contributed by atoms with Crippen LogP contribution in [0.3, 0.4) is 0 Å². The van der Waals surface area contributed by atoms with E-state index in [1.807, 2.05) is 18.2 Å². The summed E-state index contributed by atoms with van der Waals surface area (Å²) in [6.07, 6.45) is 0.0857. The van der Waals surface area contributed by atoms with Gasteiger partial charge in [-0.15, -0.1) is 0 Å². The maximum atomic E-state index is 12.5. The summed E-state index contributed by atoms with van der Waals surface area (Å²) in [6, 6.07) is 14.3. The number of anilines is 1. The molecule has 2 aliphatic rings. The molecule has 2 aliphatic heterocycles. The Morgan fingerprint density at radius 1 is 1.19 bits per heavy atom. The molecule has 0 aliphatic carbocycles. The third-order valence-electron chi connectivity index (χ3n) is 5.03. The number of hydrogen-bond donors (Lipinski definition) is 2. The molecule has 4 rings (SSSR count). The van der Waals surface area contributed by atoms with Gasteiger partial charge in [0.05, 0.1) is 12.8 Å². The monoisotopic (exact) mass is 384 g/mol. The molecule has 7 heteroatoms. The first kappa shape index (κ1) is 18.3. The van der Waals surface area contributed by atoms with Gasteiger partial charge in [-0.2, -0.15) is 0 Å². The Balaban J connectivity index is 1.72. The summed E-state index contributed by atoms with van der Waals surface area (Å²) in [5, 5.41) is 8.36. The number of amides is 1. The molecule has 1 amide bonds. The highest BCUT2D eigenvalue weighted by molar-refractivity contribution is 7.99. The van der Waals surface area contributed by atoms with E-state index in [1.165, 1.54) is 22.6 Å². The molecule has 2 aromatic carbocycles. The van der Waals surface area contributed by atoms with Crippen LogP contribution in [0.4, 0.5) is 5.69 Å². The summed E-state index contributed by atoms with van der Waals surface area (Å²) in [4.78, 5) is 22.4. The smallest absolute Gasteiger partial charge is 0.277 e. The number of benzene rings is 2. The molecule has 0 radical (unpaired) electrons. The molecule has 1 unspecified atom stereocenters. The third kappa shape index (κ3) is 3.68. The molecule has 1 atom stereocenters. The van der Waals surface area contributed by atoms with Crippen molar-refractivity contribution in [1.82, 2.24) is 15.3 Å². The van der Waals surface area contributed by atoms with E-state index < -0.39 is 0 Å². The van der Waals surface area contributed by atoms with Crippen LogP contribution in [0.5, 0.6) is 0 Å². The zero-order chi connectivity index (χ0) is 18.8. The summed E-state index contributed by atoms with van der Waals surface area (Å²) in [7, 11) is 3.11. The van der Waals surface area contributed by atoms with Crippen LogP contribution < -0.4 is 10.6 Å². The Morgan fingerprint density at radius 2 is 1.96 bits per heavy atom. The molecule has 2 heterocycles. The number of hydrogen-bond acceptors (Lipinski definition) is 6. The first-order valence-corrected chi connectivity index (χ1v) is 9.93. The van der Waals surface area contributed by atoms with E-state index in [0.717, 1.165) is 36.8 Å². The fourth-order valence-corrected chi connectivity index (χ4v) is 4.55. The fraction of sp³-hybridized carbons (Fsp3) is 0.350. The minimum absolute atomic E-state index is 0.0857. The highest BCUT2D eigenvalue weighted by Gasteiger charge is 2.28. The first-order chi connectivity index (χ1) is 13.2. The second-order valence-electron chi connectivity index (χ2n) is 6.67. The summed E-state index contributed by atoms with van der Waals surface area (Å²) in [5.74, 6) is -0.160. The quantitative estimate of drug-likeness (QED) is 0.794. The molecule has 142 valence electrons. The van der Waals surface area contributed by atoms with Crippen LogP contribution in [-0.2, 0) is 4.84 Å². The second kappa shape index (κ2) is 7.90. The highest BCUT2D eigenvalue weighted by atomic mass is 32.2. The molecule has 27 heavy (non-hydrogen) atoms. The van der Waals surface area contributed by atoms with Gasteiger partial charge in [-0.25, -0.2) is 5.06 Å². The van der Waals surface area contributed by atoms with E-state index in [4.69, 9.17) is 4.84 Å². The van der Waals surface area contributed by atoms with Crippen molar-refractivity contribution in [2.75, 3.05) is 45.7 Å². The van der Waals surface area contributed by atoms with Crippen molar-refractivity contribution in [3.05, 3.63) is 53.6 Å². The van der Waals surface area contributed by atoms with Crippen molar-refractivity contribution in [1.29, 1.82) is 0 Å². The number of piperazine rings is 1. The molecule has 0 spiro atoms. The van der Waals surface area contributed by atoms with E-state index in [0.29, 0.717) is 5.56 Å². The average Bonchev–Trinajstić information content (AvgIpc) is 2.89. The maximum absolute atomic E-state index is 12.5. The van der Waals surface area contributed by atoms with Crippen molar-refractivity contribution in [2.24, 2.45) is 0 Å². The van der Waals surface area contributed by atoms with Crippen molar-refractivity contribution in [3.8, 4) is 0 Å². The molecule has 6 nitrogen and oxygen atoms in total. The lowest BCUT2D eigenvalue weighted by atomic mass is 10.1. The van der Waals surface area contributed by atoms with Crippen molar-refractivity contribution in [3.63, 3.8) is 0 Å². The number of hydroxylamine groups is 2. The van der Waals surface area contributed by atoms with Gasteiger partial charge in [0, 0.05) is 54.1 Å². The number of carbonyl (C=O) groups excluding carboxylic acids is 1. The van der Waals surface area contributed by atoms with Crippen molar-refractivity contribution in [2.45, 2.75) is 16.0 Å². The molecule has 1 fully saturated rings. The summed E-state index contributed by atoms with van der Waals surface area (Å²) < 4.78 is 0. The number of fused-ring (bicyclic) bond motifs is 2. The van der Waals surface area contributed by atoms with Crippen LogP contribution in [0.15, 0.2) is 52.3 Å². The molecule has 0 aromatic heterocycles. The van der Waals surface area contributed by atoms with Gasteiger partial charge >= 0.3 is 0 Å². The lowest BCUT2D eigenvalue weighted by molar-refractivity contribution is -0.0756. The lowest BCUT2D eigenvalue weighted by Gasteiger charge is -2.36. The van der Waals surface area contributed by atoms with Gasteiger partial charge < -0.3 is 10.6 Å². The van der Waals surface area contributed by atoms with Crippen LogP contribution in [0, 0.1) is 0 Å². The van der Waals surface area contributed by atoms with E-state index in [-0.39, 0.29) is 12.1 Å². The zero-order valence-corrected chi connectivity index (χ0v) is 16.4. The van der Waals surface area contributed by atoms with Gasteiger partial charge in [0.25, 0.3) is 5.91 Å². The highest BCUT2D eigenvalue weighted by Crippen LogP contribution is 2.43. The average molecular weight is 385 g/mol. The molecular formula is C20H24N4O2S. The van der Waals surface area contributed by atoms with Gasteiger partial charge in [-0.3, -0.25) is 14.5 Å². The predicted octanol–water partition coefficient (Wildman–Crippen LogP) is 2.80. The minimum Gasteiger partial charge on any atom is -0.365 e. The summed E-state index contributed by atoms with van der Waals surface area (Å²) in [5.41, 5.74) is 2.87. The first-order valence-electron chi connectivity index (χ1n) is 9.11. The predicted molar refractivity (Wildman–Crippen MR) is 107 cm³/mol. The largest absolute Gasteiger partial charge is 0.365 e. The lowest BCUT2D eigenvalue weighted by Crippen LogP contribution is -2.47. The molecular weight excluding hydrogens is 360 g/mol. The molecule has 1 saturated heterocycles. The number of carbonyl (C=O) groups is 1. The standard InChI is InChI=1S/C20H24N4O2S/c1-23(26-2)20(25)14-7-8-18-16(13-14)22-19(24-11-9-21-10-12-24)15-5-3-4-6-17(15)27-18/h3-8,13,19,21-22H,9-12H2,1-2H3.